The highest BCUT2D eigenvalue weighted by molar-refractivity contribution is 7.80. The summed E-state index contributed by atoms with van der Waals surface area (Å²) in [6.45, 7) is 9.48. The van der Waals surface area contributed by atoms with Gasteiger partial charge in [0.2, 0.25) is 0 Å². The van der Waals surface area contributed by atoms with Crippen LogP contribution in [0, 0.1) is 20.8 Å². The van der Waals surface area contributed by atoms with Crippen LogP contribution < -0.4 is 11.1 Å². The second-order valence-electron chi connectivity index (χ2n) is 5.22. The van der Waals surface area contributed by atoms with E-state index in [0.29, 0.717) is 5.56 Å². The molecule has 0 bridgehead atoms. The first-order valence-corrected chi connectivity index (χ1v) is 6.26. The molecule has 1 rings (SSSR count). The van der Waals surface area contributed by atoms with Crippen LogP contribution >= 0.6 is 12.2 Å². The minimum Gasteiger partial charge on any atom is -0.391 e. The topological polar surface area (TPSA) is 55.1 Å². The summed E-state index contributed by atoms with van der Waals surface area (Å²) >= 11 is 4.95. The Morgan fingerprint density at radius 1 is 1.22 bits per heavy atom. The molecule has 1 aromatic rings. The van der Waals surface area contributed by atoms with Crippen LogP contribution in [0.4, 0.5) is 0 Å². The Balaban J connectivity index is 3.10. The normalized spacial score (nSPS) is 11.2. The number of aryl methyl sites for hydroxylation is 3. The Morgan fingerprint density at radius 2 is 1.67 bits per heavy atom. The molecule has 4 heteroatoms. The van der Waals surface area contributed by atoms with E-state index in [1.807, 2.05) is 32.9 Å². The van der Waals surface area contributed by atoms with Crippen molar-refractivity contribution in [1.29, 1.82) is 0 Å². The highest BCUT2D eigenvalue weighted by Crippen LogP contribution is 2.17. The molecule has 18 heavy (non-hydrogen) atoms. The van der Waals surface area contributed by atoms with Crippen molar-refractivity contribution in [3.63, 3.8) is 0 Å². The Hall–Kier alpha value is -1.42. The van der Waals surface area contributed by atoms with Crippen LogP contribution in [0.25, 0.3) is 0 Å². The van der Waals surface area contributed by atoms with E-state index in [2.05, 4.69) is 5.32 Å². The van der Waals surface area contributed by atoms with Crippen LogP contribution in [0.1, 0.15) is 40.9 Å². The molecule has 0 aliphatic carbocycles. The van der Waals surface area contributed by atoms with Crippen LogP contribution in [-0.2, 0) is 0 Å². The molecule has 0 saturated carbocycles. The van der Waals surface area contributed by atoms with Crippen molar-refractivity contribution in [2.45, 2.75) is 40.2 Å². The molecule has 0 aliphatic heterocycles. The van der Waals surface area contributed by atoms with E-state index < -0.39 is 5.54 Å². The van der Waals surface area contributed by atoms with Crippen molar-refractivity contribution in [2.75, 3.05) is 0 Å². The van der Waals surface area contributed by atoms with Crippen LogP contribution in [-0.4, -0.2) is 16.4 Å². The van der Waals surface area contributed by atoms with Crippen molar-refractivity contribution in [3.05, 3.63) is 34.4 Å². The summed E-state index contributed by atoms with van der Waals surface area (Å²) in [5, 5.41) is 2.87. The maximum Gasteiger partial charge on any atom is 0.252 e. The van der Waals surface area contributed by atoms with Gasteiger partial charge in [0, 0.05) is 5.56 Å². The lowest BCUT2D eigenvalue weighted by molar-refractivity contribution is 0.0931. The molecule has 3 nitrogen and oxygen atoms in total. The van der Waals surface area contributed by atoms with Gasteiger partial charge in [0.05, 0.1) is 10.5 Å². The Morgan fingerprint density at radius 3 is 2.06 bits per heavy atom. The fraction of sp³-hybridized carbons (Fsp3) is 0.429. The van der Waals surface area contributed by atoms with Crippen LogP contribution in [0.5, 0.6) is 0 Å². The monoisotopic (exact) mass is 264 g/mol. The first-order valence-electron chi connectivity index (χ1n) is 5.85. The fourth-order valence-corrected chi connectivity index (χ4v) is 2.00. The fourth-order valence-electron chi connectivity index (χ4n) is 1.95. The summed E-state index contributed by atoms with van der Waals surface area (Å²) in [5.41, 5.74) is 8.70. The molecule has 0 atom stereocenters. The second kappa shape index (κ2) is 5.06. The number of carbonyl (C=O) groups is 1. The number of nitrogens with two attached hydrogens (primary N) is 1. The van der Waals surface area contributed by atoms with Crippen molar-refractivity contribution >= 4 is 23.1 Å². The van der Waals surface area contributed by atoms with Crippen LogP contribution in [0.15, 0.2) is 12.1 Å². The Labute approximate surface area is 114 Å². The Bertz CT molecular complexity index is 484. The van der Waals surface area contributed by atoms with Crippen molar-refractivity contribution in [2.24, 2.45) is 5.73 Å². The minimum absolute atomic E-state index is 0.136. The molecular weight excluding hydrogens is 244 g/mol. The number of carbonyl (C=O) groups excluding carboxylic acids is 1. The standard InChI is InChI=1S/C14H20N2OS/c1-8-6-9(2)11(10(3)7-8)12(17)16-14(4,5)13(15)18/h6-7H,1-5H3,(H2,15,18)(H,16,17). The maximum absolute atomic E-state index is 12.3. The quantitative estimate of drug-likeness (QED) is 0.824. The smallest absolute Gasteiger partial charge is 0.252 e. The molecule has 3 N–H and O–H groups in total. The van der Waals surface area contributed by atoms with Crippen LogP contribution in [0.3, 0.4) is 0 Å². The number of thiocarbonyl (C=S) groups is 1. The number of benzene rings is 1. The molecule has 0 saturated heterocycles. The lowest BCUT2D eigenvalue weighted by Gasteiger charge is -2.25. The van der Waals surface area contributed by atoms with Gasteiger partial charge in [-0.2, -0.15) is 0 Å². The first-order chi connectivity index (χ1) is 8.15. The van der Waals surface area contributed by atoms with Gasteiger partial charge in [0.25, 0.3) is 5.91 Å². The zero-order valence-electron chi connectivity index (χ0n) is 11.5. The summed E-state index contributed by atoms with van der Waals surface area (Å²) < 4.78 is 0. The summed E-state index contributed by atoms with van der Waals surface area (Å²) in [4.78, 5) is 12.6. The zero-order valence-corrected chi connectivity index (χ0v) is 12.4. The zero-order chi connectivity index (χ0) is 14.1. The van der Waals surface area contributed by atoms with Gasteiger partial charge < -0.3 is 11.1 Å². The summed E-state index contributed by atoms with van der Waals surface area (Å²) in [7, 11) is 0. The van der Waals surface area contributed by atoms with Gasteiger partial charge in [-0.15, -0.1) is 0 Å². The Kier molecular flexibility index (Phi) is 4.12. The largest absolute Gasteiger partial charge is 0.391 e. The van der Waals surface area contributed by atoms with Gasteiger partial charge in [-0.05, 0) is 45.7 Å². The van der Waals surface area contributed by atoms with Gasteiger partial charge in [-0.25, -0.2) is 0 Å². The van der Waals surface area contributed by atoms with Gasteiger partial charge in [-0.3, -0.25) is 4.79 Å². The highest BCUT2D eigenvalue weighted by Gasteiger charge is 2.25. The number of amides is 1. The predicted octanol–water partition coefficient (Wildman–Crippen LogP) is 2.41. The average molecular weight is 264 g/mol. The third kappa shape index (κ3) is 3.07. The van der Waals surface area contributed by atoms with E-state index in [-0.39, 0.29) is 10.9 Å². The SMILES string of the molecule is Cc1cc(C)c(C(=O)NC(C)(C)C(N)=S)c(C)c1. The third-order valence-corrected chi connectivity index (χ3v) is 3.46. The van der Waals surface area contributed by atoms with Crippen molar-refractivity contribution < 1.29 is 4.79 Å². The number of hydrogen-bond donors (Lipinski definition) is 2. The summed E-state index contributed by atoms with van der Waals surface area (Å²) in [6.07, 6.45) is 0. The van der Waals surface area contributed by atoms with Crippen LogP contribution in [0.2, 0.25) is 0 Å². The molecule has 0 aromatic heterocycles. The molecular formula is C14H20N2OS. The molecule has 0 radical (unpaired) electrons. The highest BCUT2D eigenvalue weighted by atomic mass is 32.1. The van der Waals surface area contributed by atoms with Gasteiger partial charge in [0.1, 0.15) is 0 Å². The molecule has 0 heterocycles. The second-order valence-corrected chi connectivity index (χ2v) is 5.66. The van der Waals surface area contributed by atoms with E-state index in [1.54, 1.807) is 13.8 Å². The molecule has 1 amide bonds. The minimum atomic E-state index is -0.684. The predicted molar refractivity (Wildman–Crippen MR) is 79.0 cm³/mol. The van der Waals surface area contributed by atoms with E-state index in [4.69, 9.17) is 18.0 Å². The summed E-state index contributed by atoms with van der Waals surface area (Å²) in [5.74, 6) is -0.136. The summed E-state index contributed by atoms with van der Waals surface area (Å²) in [6, 6.07) is 3.99. The lowest BCUT2D eigenvalue weighted by Crippen LogP contribution is -2.52. The number of rotatable bonds is 3. The molecule has 0 spiro atoms. The number of nitrogens with one attached hydrogen (secondary N) is 1. The van der Waals surface area contributed by atoms with E-state index in [9.17, 15) is 4.79 Å². The maximum atomic E-state index is 12.3. The lowest BCUT2D eigenvalue weighted by atomic mass is 9.97. The van der Waals surface area contributed by atoms with Crippen molar-refractivity contribution in [3.8, 4) is 0 Å². The number of hydrogen-bond acceptors (Lipinski definition) is 2. The molecule has 0 unspecified atom stereocenters. The average Bonchev–Trinajstić information content (AvgIpc) is 2.13. The third-order valence-electron chi connectivity index (χ3n) is 2.95. The van der Waals surface area contributed by atoms with Crippen molar-refractivity contribution in [1.82, 2.24) is 5.32 Å². The molecule has 0 aliphatic rings. The first kappa shape index (κ1) is 14.6. The van der Waals surface area contributed by atoms with Gasteiger partial charge >= 0.3 is 0 Å². The van der Waals surface area contributed by atoms with Gasteiger partial charge in [-0.1, -0.05) is 29.9 Å². The molecule has 1 aromatic carbocycles. The van der Waals surface area contributed by atoms with E-state index in [1.165, 1.54) is 0 Å². The molecule has 0 fully saturated rings. The van der Waals surface area contributed by atoms with E-state index in [0.717, 1.165) is 16.7 Å². The molecule has 98 valence electrons. The van der Waals surface area contributed by atoms with E-state index >= 15 is 0 Å². The van der Waals surface area contributed by atoms with Gasteiger partial charge in [0.15, 0.2) is 0 Å².